The van der Waals surface area contributed by atoms with Crippen molar-refractivity contribution in [3.63, 3.8) is 0 Å². The van der Waals surface area contributed by atoms with Crippen molar-refractivity contribution < 1.29 is 27.9 Å². The Bertz CT molecular complexity index is 429. The standard InChI is InChI=1S/C13H18F3NO3/c1-7(8(2)12(19)20)11(18)17-10-6-4-3-5-9(10)13(14,15)16/h9-10H,3-6H2,1-2H3,(H,17,18)(H,19,20). The molecule has 0 radical (unpaired) electrons. The van der Waals surface area contributed by atoms with Gasteiger partial charge in [-0.2, -0.15) is 13.2 Å². The highest BCUT2D eigenvalue weighted by Crippen LogP contribution is 2.37. The van der Waals surface area contributed by atoms with Crippen molar-refractivity contribution in [3.8, 4) is 0 Å². The lowest BCUT2D eigenvalue weighted by Gasteiger charge is -2.33. The smallest absolute Gasteiger partial charge is 0.393 e. The molecule has 0 aromatic carbocycles. The predicted molar refractivity (Wildman–Crippen MR) is 66.0 cm³/mol. The molecule has 2 unspecified atom stereocenters. The van der Waals surface area contributed by atoms with Gasteiger partial charge in [-0.25, -0.2) is 4.79 Å². The van der Waals surface area contributed by atoms with E-state index in [0.717, 1.165) is 0 Å². The molecule has 7 heteroatoms. The molecule has 0 aromatic rings. The number of halogens is 3. The number of hydrogen-bond acceptors (Lipinski definition) is 2. The van der Waals surface area contributed by atoms with E-state index in [-0.39, 0.29) is 24.0 Å². The van der Waals surface area contributed by atoms with Crippen LogP contribution in [0.2, 0.25) is 0 Å². The molecule has 0 bridgehead atoms. The maximum atomic E-state index is 12.9. The largest absolute Gasteiger partial charge is 0.478 e. The maximum absolute atomic E-state index is 12.9. The summed E-state index contributed by atoms with van der Waals surface area (Å²) in [5.74, 6) is -3.56. The number of hydrogen-bond donors (Lipinski definition) is 2. The fourth-order valence-corrected chi connectivity index (χ4v) is 2.30. The summed E-state index contributed by atoms with van der Waals surface area (Å²) in [6.07, 6.45) is -2.99. The number of carboxylic acid groups (broad SMARTS) is 1. The summed E-state index contributed by atoms with van der Waals surface area (Å²) in [5, 5.41) is 11.1. The van der Waals surface area contributed by atoms with Gasteiger partial charge >= 0.3 is 12.1 Å². The van der Waals surface area contributed by atoms with E-state index in [1.807, 2.05) is 0 Å². The van der Waals surface area contributed by atoms with Gasteiger partial charge in [0.15, 0.2) is 0 Å². The number of alkyl halides is 3. The third-order valence-corrected chi connectivity index (χ3v) is 3.73. The van der Waals surface area contributed by atoms with Crippen LogP contribution < -0.4 is 5.32 Å². The average Bonchev–Trinajstić information content (AvgIpc) is 2.36. The zero-order valence-electron chi connectivity index (χ0n) is 11.4. The lowest BCUT2D eigenvalue weighted by atomic mass is 9.84. The molecule has 1 aliphatic rings. The van der Waals surface area contributed by atoms with Crippen LogP contribution in [0.15, 0.2) is 11.1 Å². The summed E-state index contributed by atoms with van der Waals surface area (Å²) < 4.78 is 38.6. The maximum Gasteiger partial charge on any atom is 0.393 e. The molecule has 114 valence electrons. The van der Waals surface area contributed by atoms with Crippen molar-refractivity contribution in [2.75, 3.05) is 0 Å². The first-order chi connectivity index (χ1) is 9.14. The van der Waals surface area contributed by atoms with Gasteiger partial charge in [-0.15, -0.1) is 0 Å². The SMILES string of the molecule is CC(C(=O)O)=C(C)C(=O)NC1CCCCC1C(F)(F)F. The second-order valence-corrected chi connectivity index (χ2v) is 5.07. The van der Waals surface area contributed by atoms with Crippen LogP contribution in [-0.4, -0.2) is 29.2 Å². The van der Waals surface area contributed by atoms with Crippen LogP contribution in [-0.2, 0) is 9.59 Å². The van der Waals surface area contributed by atoms with Gasteiger partial charge in [0.2, 0.25) is 5.91 Å². The molecular weight excluding hydrogens is 275 g/mol. The van der Waals surface area contributed by atoms with Gasteiger partial charge in [0.1, 0.15) is 0 Å². The molecule has 1 saturated carbocycles. The minimum absolute atomic E-state index is 0.00484. The van der Waals surface area contributed by atoms with Gasteiger partial charge in [-0.1, -0.05) is 12.8 Å². The van der Waals surface area contributed by atoms with Gasteiger partial charge in [0.05, 0.1) is 5.92 Å². The average molecular weight is 293 g/mol. The summed E-state index contributed by atoms with van der Waals surface area (Å²) in [6, 6.07) is -0.979. The van der Waals surface area contributed by atoms with Crippen LogP contribution in [0.3, 0.4) is 0 Å². The van der Waals surface area contributed by atoms with E-state index in [1.165, 1.54) is 13.8 Å². The second kappa shape index (κ2) is 6.28. The summed E-state index contributed by atoms with van der Waals surface area (Å²) in [4.78, 5) is 22.6. The second-order valence-electron chi connectivity index (χ2n) is 5.07. The van der Waals surface area contributed by atoms with Crippen LogP contribution in [0.25, 0.3) is 0 Å². The Labute approximate surface area is 115 Å². The molecule has 1 aliphatic carbocycles. The third kappa shape index (κ3) is 3.98. The van der Waals surface area contributed by atoms with Crippen molar-refractivity contribution in [2.45, 2.75) is 51.7 Å². The predicted octanol–water partition coefficient (Wildman–Crippen LogP) is 2.64. The van der Waals surface area contributed by atoms with Crippen LogP contribution in [0.5, 0.6) is 0 Å². The summed E-state index contributed by atoms with van der Waals surface area (Å²) in [6.45, 7) is 2.55. The minimum Gasteiger partial charge on any atom is -0.478 e. The number of nitrogens with one attached hydrogen (secondary N) is 1. The van der Waals surface area contributed by atoms with Crippen molar-refractivity contribution in [1.29, 1.82) is 0 Å². The van der Waals surface area contributed by atoms with Crippen molar-refractivity contribution >= 4 is 11.9 Å². The van der Waals surface area contributed by atoms with E-state index >= 15 is 0 Å². The fraction of sp³-hybridized carbons (Fsp3) is 0.692. The van der Waals surface area contributed by atoms with Gasteiger partial charge in [-0.05, 0) is 26.7 Å². The Morgan fingerprint density at radius 2 is 1.65 bits per heavy atom. The van der Waals surface area contributed by atoms with Gasteiger partial charge in [0, 0.05) is 17.2 Å². The van der Waals surface area contributed by atoms with Crippen molar-refractivity contribution in [2.24, 2.45) is 5.92 Å². The Hall–Kier alpha value is -1.53. The highest BCUT2D eigenvalue weighted by atomic mass is 19.4. The molecule has 0 aromatic heterocycles. The molecule has 1 rings (SSSR count). The molecule has 2 atom stereocenters. The molecule has 2 N–H and O–H groups in total. The highest BCUT2D eigenvalue weighted by molar-refractivity contribution is 6.01. The lowest BCUT2D eigenvalue weighted by molar-refractivity contribution is -0.189. The first-order valence-electron chi connectivity index (χ1n) is 6.43. The number of aliphatic carboxylic acids is 1. The first kappa shape index (κ1) is 16.5. The number of amides is 1. The Morgan fingerprint density at radius 3 is 2.15 bits per heavy atom. The fourth-order valence-electron chi connectivity index (χ4n) is 2.30. The molecule has 0 spiro atoms. The van der Waals surface area contributed by atoms with Crippen molar-refractivity contribution in [1.82, 2.24) is 5.32 Å². The Kier molecular flexibility index (Phi) is 5.19. The zero-order valence-corrected chi connectivity index (χ0v) is 11.4. The van der Waals surface area contributed by atoms with E-state index in [1.54, 1.807) is 0 Å². The molecule has 20 heavy (non-hydrogen) atoms. The molecular formula is C13H18F3NO3. The van der Waals surface area contributed by atoms with Gasteiger partial charge in [0.25, 0.3) is 0 Å². The number of carboxylic acids is 1. The van der Waals surface area contributed by atoms with Gasteiger partial charge in [-0.3, -0.25) is 4.79 Å². The van der Waals surface area contributed by atoms with E-state index in [0.29, 0.717) is 12.8 Å². The summed E-state index contributed by atoms with van der Waals surface area (Å²) in [5.41, 5.74) is -0.231. The van der Waals surface area contributed by atoms with Crippen LogP contribution in [0, 0.1) is 5.92 Å². The quantitative estimate of drug-likeness (QED) is 0.786. The van der Waals surface area contributed by atoms with Crippen LogP contribution >= 0.6 is 0 Å². The summed E-state index contributed by atoms with van der Waals surface area (Å²) >= 11 is 0. The van der Waals surface area contributed by atoms with Gasteiger partial charge < -0.3 is 10.4 Å². The Balaban J connectivity index is 2.82. The molecule has 0 heterocycles. The molecule has 1 fully saturated rings. The number of carbonyl (C=O) groups is 2. The summed E-state index contributed by atoms with van der Waals surface area (Å²) in [7, 11) is 0. The normalized spacial score (nSPS) is 24.9. The molecule has 1 amide bonds. The zero-order chi connectivity index (χ0) is 15.5. The topological polar surface area (TPSA) is 66.4 Å². The highest BCUT2D eigenvalue weighted by Gasteiger charge is 2.46. The molecule has 4 nitrogen and oxygen atoms in total. The molecule has 0 aliphatic heterocycles. The first-order valence-corrected chi connectivity index (χ1v) is 6.43. The lowest BCUT2D eigenvalue weighted by Crippen LogP contribution is -2.48. The van der Waals surface area contributed by atoms with Crippen LogP contribution in [0.4, 0.5) is 13.2 Å². The number of carbonyl (C=O) groups excluding carboxylic acids is 1. The van der Waals surface area contributed by atoms with E-state index in [4.69, 9.17) is 5.11 Å². The monoisotopic (exact) mass is 293 g/mol. The molecule has 0 saturated heterocycles. The van der Waals surface area contributed by atoms with Crippen LogP contribution in [0.1, 0.15) is 39.5 Å². The van der Waals surface area contributed by atoms with E-state index < -0.39 is 30.0 Å². The minimum atomic E-state index is -4.35. The van der Waals surface area contributed by atoms with E-state index in [2.05, 4.69) is 5.32 Å². The Morgan fingerprint density at radius 1 is 1.10 bits per heavy atom. The third-order valence-electron chi connectivity index (χ3n) is 3.73. The number of rotatable bonds is 3. The van der Waals surface area contributed by atoms with E-state index in [9.17, 15) is 22.8 Å². The van der Waals surface area contributed by atoms with Crippen molar-refractivity contribution in [3.05, 3.63) is 11.1 Å².